The highest BCUT2D eigenvalue weighted by Crippen LogP contribution is 2.37. The highest BCUT2D eigenvalue weighted by Gasteiger charge is 2.47. The topological polar surface area (TPSA) is 129 Å². The summed E-state index contributed by atoms with van der Waals surface area (Å²) in [5.41, 5.74) is -1.24. The number of carbonyl (C=O) groups is 1. The maximum Gasteiger partial charge on any atom is 0.309 e. The number of aliphatic hydroxyl groups is 4. The van der Waals surface area contributed by atoms with Crippen molar-refractivity contribution in [2.24, 2.45) is 11.8 Å². The van der Waals surface area contributed by atoms with Gasteiger partial charge in [0.25, 0.3) is 0 Å². The van der Waals surface area contributed by atoms with Crippen LogP contribution in [0.25, 0.3) is 0 Å². The molecule has 2 aliphatic rings. The summed E-state index contributed by atoms with van der Waals surface area (Å²) in [7, 11) is 1.52. The van der Waals surface area contributed by atoms with E-state index in [4.69, 9.17) is 14.2 Å². The van der Waals surface area contributed by atoms with E-state index >= 15 is 0 Å². The Bertz CT molecular complexity index is 834. The van der Waals surface area contributed by atoms with Gasteiger partial charge in [-0.05, 0) is 45.6 Å². The minimum atomic E-state index is -1.11. The minimum absolute atomic E-state index is 0.0148. The van der Waals surface area contributed by atoms with E-state index in [1.165, 1.54) is 7.11 Å². The molecule has 212 valence electrons. The number of allylic oxidation sites excluding steroid dienone is 2. The molecule has 37 heavy (non-hydrogen) atoms. The molecule has 0 spiro atoms. The van der Waals surface area contributed by atoms with Crippen LogP contribution in [0.5, 0.6) is 0 Å². The summed E-state index contributed by atoms with van der Waals surface area (Å²) in [5, 5.41) is 42.0. The summed E-state index contributed by atoms with van der Waals surface area (Å²) in [5.74, 6) is -0.739. The molecule has 8 heteroatoms. The van der Waals surface area contributed by atoms with Crippen molar-refractivity contribution in [3.05, 3.63) is 36.0 Å². The largest absolute Gasteiger partial charge is 0.457 e. The Morgan fingerprint density at radius 1 is 1.35 bits per heavy atom. The third-order valence-corrected chi connectivity index (χ3v) is 7.84. The van der Waals surface area contributed by atoms with Gasteiger partial charge in [-0.3, -0.25) is 4.79 Å². The summed E-state index contributed by atoms with van der Waals surface area (Å²) in [6.45, 7) is 11.1. The van der Waals surface area contributed by atoms with Crippen LogP contribution in [-0.2, 0) is 19.0 Å². The fraction of sp³-hybridized carbons (Fsp3) is 0.759. The molecule has 0 amide bonds. The van der Waals surface area contributed by atoms with Crippen LogP contribution in [0.4, 0.5) is 0 Å². The molecule has 0 bridgehead atoms. The number of epoxide rings is 1. The van der Waals surface area contributed by atoms with E-state index in [1.54, 1.807) is 38.2 Å². The van der Waals surface area contributed by atoms with E-state index in [1.807, 2.05) is 33.8 Å². The Balaban J connectivity index is 2.12. The maximum absolute atomic E-state index is 12.6. The van der Waals surface area contributed by atoms with Crippen molar-refractivity contribution in [3.63, 3.8) is 0 Å². The lowest BCUT2D eigenvalue weighted by atomic mass is 9.88. The molecule has 0 unspecified atom stereocenters. The Labute approximate surface area is 222 Å². The summed E-state index contributed by atoms with van der Waals surface area (Å²) in [6.07, 6.45) is 7.31. The molecule has 0 aromatic carbocycles. The smallest absolute Gasteiger partial charge is 0.309 e. The van der Waals surface area contributed by atoms with Gasteiger partial charge in [-0.2, -0.15) is 0 Å². The first-order valence-corrected chi connectivity index (χ1v) is 13.4. The second kappa shape index (κ2) is 13.5. The number of methoxy groups -OCH3 is 1. The van der Waals surface area contributed by atoms with Gasteiger partial charge < -0.3 is 34.6 Å². The molecule has 1 saturated heterocycles. The van der Waals surface area contributed by atoms with E-state index in [9.17, 15) is 25.2 Å². The first kappa shape index (κ1) is 31.7. The van der Waals surface area contributed by atoms with Gasteiger partial charge in [0.1, 0.15) is 12.2 Å². The SMILES string of the molecule is CC[C@H](O)[C@@H](C)[C@H]1O[C@@H]1C[C@@](C)(O)/C=C/C=C(\C)[C@H]1OC(=O)C[C@H](O)CC[C@@](C)(OC)[C@@H](O)/C=C/[C@@H]1C. The Morgan fingerprint density at radius 3 is 2.65 bits per heavy atom. The molecule has 2 aliphatic heterocycles. The van der Waals surface area contributed by atoms with E-state index in [-0.39, 0.29) is 30.5 Å². The van der Waals surface area contributed by atoms with Crippen molar-refractivity contribution in [3.8, 4) is 0 Å². The van der Waals surface area contributed by atoms with Gasteiger partial charge in [0.2, 0.25) is 0 Å². The monoisotopic (exact) mass is 524 g/mol. The first-order chi connectivity index (χ1) is 17.2. The number of carbonyl (C=O) groups excluding carboxylic acids is 1. The molecule has 2 rings (SSSR count). The van der Waals surface area contributed by atoms with Gasteiger partial charge in [-0.1, -0.05) is 51.2 Å². The number of hydrogen-bond donors (Lipinski definition) is 4. The van der Waals surface area contributed by atoms with Crippen molar-refractivity contribution in [1.82, 2.24) is 0 Å². The predicted molar refractivity (Wildman–Crippen MR) is 142 cm³/mol. The number of cyclic esters (lactones) is 1. The van der Waals surface area contributed by atoms with E-state index in [0.717, 1.165) is 5.57 Å². The number of hydrogen-bond acceptors (Lipinski definition) is 8. The molecule has 0 aromatic heterocycles. The second-order valence-corrected chi connectivity index (χ2v) is 11.3. The van der Waals surface area contributed by atoms with Crippen LogP contribution in [0.3, 0.4) is 0 Å². The highest BCUT2D eigenvalue weighted by molar-refractivity contribution is 5.70. The number of aliphatic hydroxyl groups excluding tert-OH is 3. The van der Waals surface area contributed by atoms with E-state index < -0.39 is 41.6 Å². The molecule has 1 fully saturated rings. The average molecular weight is 525 g/mol. The van der Waals surface area contributed by atoms with Gasteiger partial charge >= 0.3 is 5.97 Å². The average Bonchev–Trinajstić information content (AvgIpc) is 3.60. The zero-order valence-corrected chi connectivity index (χ0v) is 23.5. The Hall–Kier alpha value is -1.55. The standard InChI is InChI=1S/C29H48O8/c1-8-22(31)20(4)27-23(36-27)17-28(5,34)14-9-10-18(2)26-19(3)11-12-24(32)29(6,35-7)15-13-21(30)16-25(33)37-26/h9-12,14,19-24,26-27,30-32,34H,8,13,15-17H2,1-7H3/b12-11+,14-9+,18-10+/t19-,20+,21+,22-,23+,24-,26+,27+,28-,29+/m0/s1. The normalized spacial score (nSPS) is 38.1. The van der Waals surface area contributed by atoms with Gasteiger partial charge in [-0.25, -0.2) is 0 Å². The summed E-state index contributed by atoms with van der Waals surface area (Å²) >= 11 is 0. The van der Waals surface area contributed by atoms with Gasteiger partial charge in [0, 0.05) is 25.4 Å². The molecule has 2 heterocycles. The molecule has 8 nitrogen and oxygen atoms in total. The van der Waals surface area contributed by atoms with Crippen LogP contribution in [0.15, 0.2) is 36.0 Å². The summed E-state index contributed by atoms with van der Waals surface area (Å²) in [6, 6.07) is 0. The van der Waals surface area contributed by atoms with Crippen LogP contribution in [0.1, 0.15) is 73.6 Å². The lowest BCUT2D eigenvalue weighted by molar-refractivity contribution is -0.151. The number of esters is 1. The van der Waals surface area contributed by atoms with Crippen LogP contribution in [0.2, 0.25) is 0 Å². The number of rotatable bonds is 9. The Kier molecular flexibility index (Phi) is 11.5. The molecule has 0 aromatic rings. The van der Waals surface area contributed by atoms with Gasteiger partial charge in [0.05, 0.1) is 42.0 Å². The molecular formula is C29H48O8. The second-order valence-electron chi connectivity index (χ2n) is 11.3. The molecule has 0 aliphatic carbocycles. The predicted octanol–water partition coefficient (Wildman–Crippen LogP) is 3.22. The van der Waals surface area contributed by atoms with Crippen LogP contribution >= 0.6 is 0 Å². The lowest BCUT2D eigenvalue weighted by Gasteiger charge is -2.33. The molecule has 10 atom stereocenters. The number of ether oxygens (including phenoxy) is 3. The van der Waals surface area contributed by atoms with Crippen molar-refractivity contribution < 1.29 is 39.4 Å². The quantitative estimate of drug-likeness (QED) is 0.157. The zero-order valence-electron chi connectivity index (χ0n) is 23.5. The van der Waals surface area contributed by atoms with Crippen LogP contribution in [-0.4, -0.2) is 81.3 Å². The summed E-state index contributed by atoms with van der Waals surface area (Å²) in [4.78, 5) is 12.6. The zero-order chi connectivity index (χ0) is 28.0. The summed E-state index contributed by atoms with van der Waals surface area (Å²) < 4.78 is 17.0. The Morgan fingerprint density at radius 2 is 2.03 bits per heavy atom. The van der Waals surface area contributed by atoms with Crippen molar-refractivity contribution >= 4 is 5.97 Å². The molecular weight excluding hydrogens is 476 g/mol. The fourth-order valence-electron chi connectivity index (χ4n) is 4.86. The third kappa shape index (κ3) is 9.30. The van der Waals surface area contributed by atoms with E-state index in [2.05, 4.69) is 0 Å². The molecule has 4 N–H and O–H groups in total. The molecule has 0 radical (unpaired) electrons. The van der Waals surface area contributed by atoms with Crippen molar-refractivity contribution in [2.75, 3.05) is 7.11 Å². The first-order valence-electron chi connectivity index (χ1n) is 13.4. The van der Waals surface area contributed by atoms with Crippen LogP contribution in [0, 0.1) is 11.8 Å². The minimum Gasteiger partial charge on any atom is -0.457 e. The van der Waals surface area contributed by atoms with Gasteiger partial charge in [-0.15, -0.1) is 0 Å². The highest BCUT2D eigenvalue weighted by atomic mass is 16.6. The van der Waals surface area contributed by atoms with Crippen LogP contribution < -0.4 is 0 Å². The van der Waals surface area contributed by atoms with Gasteiger partial charge in [0.15, 0.2) is 0 Å². The lowest BCUT2D eigenvalue weighted by Crippen LogP contribution is -2.41. The van der Waals surface area contributed by atoms with Crippen molar-refractivity contribution in [1.29, 1.82) is 0 Å². The van der Waals surface area contributed by atoms with E-state index in [0.29, 0.717) is 25.7 Å². The molecule has 0 saturated carbocycles. The fourth-order valence-corrected chi connectivity index (χ4v) is 4.86. The third-order valence-electron chi connectivity index (χ3n) is 7.84. The maximum atomic E-state index is 12.6. The van der Waals surface area contributed by atoms with Crippen molar-refractivity contribution in [2.45, 2.75) is 121 Å².